The molecule has 0 bridgehead atoms. The van der Waals surface area contributed by atoms with Gasteiger partial charge in [-0.3, -0.25) is 0 Å². The molecule has 0 radical (unpaired) electrons. The molecule has 1 heterocycles. The third-order valence-electron chi connectivity index (χ3n) is 4.31. The Morgan fingerprint density at radius 2 is 1.94 bits per heavy atom. The van der Waals surface area contributed by atoms with E-state index in [0.29, 0.717) is 5.92 Å². The fraction of sp³-hybridized carbons (Fsp3) is 0.733. The molecule has 0 saturated heterocycles. The van der Waals surface area contributed by atoms with Crippen LogP contribution in [0.3, 0.4) is 0 Å². The SMILES string of the molecule is CCC1CCC(C(O)c2cc(C)sc2C)CC1. The summed E-state index contributed by atoms with van der Waals surface area (Å²) in [7, 11) is 0. The Labute approximate surface area is 109 Å². The second-order valence-corrected chi connectivity index (χ2v) is 6.96. The van der Waals surface area contributed by atoms with E-state index >= 15 is 0 Å². The van der Waals surface area contributed by atoms with Crippen molar-refractivity contribution in [3.8, 4) is 0 Å². The van der Waals surface area contributed by atoms with Gasteiger partial charge in [-0.2, -0.15) is 0 Å². The molecule has 1 unspecified atom stereocenters. The fourth-order valence-electron chi connectivity index (χ4n) is 3.11. The maximum absolute atomic E-state index is 10.5. The topological polar surface area (TPSA) is 20.2 Å². The first-order valence-corrected chi connectivity index (χ1v) is 7.68. The molecule has 1 saturated carbocycles. The molecule has 2 rings (SSSR count). The number of hydrogen-bond donors (Lipinski definition) is 1. The van der Waals surface area contributed by atoms with E-state index in [1.807, 2.05) is 0 Å². The monoisotopic (exact) mass is 252 g/mol. The molecule has 1 aliphatic carbocycles. The zero-order chi connectivity index (χ0) is 12.4. The lowest BCUT2D eigenvalue weighted by molar-refractivity contribution is 0.0728. The molecule has 0 aromatic carbocycles. The van der Waals surface area contributed by atoms with Gasteiger partial charge in [0.25, 0.3) is 0 Å². The van der Waals surface area contributed by atoms with Crippen LogP contribution in [-0.2, 0) is 0 Å². The van der Waals surface area contributed by atoms with Crippen LogP contribution >= 0.6 is 11.3 Å². The van der Waals surface area contributed by atoms with Gasteiger partial charge < -0.3 is 5.11 Å². The summed E-state index contributed by atoms with van der Waals surface area (Å²) in [4.78, 5) is 2.62. The molecule has 2 heteroatoms. The van der Waals surface area contributed by atoms with Crippen molar-refractivity contribution in [1.82, 2.24) is 0 Å². The highest BCUT2D eigenvalue weighted by Gasteiger charge is 2.28. The summed E-state index contributed by atoms with van der Waals surface area (Å²) in [6.45, 7) is 6.55. The van der Waals surface area contributed by atoms with Gasteiger partial charge in [-0.1, -0.05) is 26.2 Å². The van der Waals surface area contributed by atoms with Crippen LogP contribution in [0.5, 0.6) is 0 Å². The molecular formula is C15H24OS. The van der Waals surface area contributed by atoms with Gasteiger partial charge in [0.2, 0.25) is 0 Å². The smallest absolute Gasteiger partial charge is 0.0828 e. The number of aliphatic hydroxyl groups is 1. The molecule has 0 aliphatic heterocycles. The number of hydrogen-bond acceptors (Lipinski definition) is 2. The van der Waals surface area contributed by atoms with Crippen LogP contribution in [0.1, 0.15) is 60.4 Å². The highest BCUT2D eigenvalue weighted by Crippen LogP contribution is 2.40. The van der Waals surface area contributed by atoms with E-state index in [1.165, 1.54) is 47.4 Å². The van der Waals surface area contributed by atoms with E-state index in [9.17, 15) is 5.11 Å². The summed E-state index contributed by atoms with van der Waals surface area (Å²) in [5, 5.41) is 10.5. The average Bonchev–Trinajstić information content (AvgIpc) is 2.68. The van der Waals surface area contributed by atoms with Crippen LogP contribution < -0.4 is 0 Å². The van der Waals surface area contributed by atoms with Gasteiger partial charge in [0.05, 0.1) is 6.10 Å². The second kappa shape index (κ2) is 5.53. The summed E-state index contributed by atoms with van der Waals surface area (Å²) in [6.07, 6.45) is 6.10. The van der Waals surface area contributed by atoms with Crippen LogP contribution in [-0.4, -0.2) is 5.11 Å². The van der Waals surface area contributed by atoms with E-state index in [0.717, 1.165) is 5.92 Å². The molecule has 96 valence electrons. The van der Waals surface area contributed by atoms with Gasteiger partial charge >= 0.3 is 0 Å². The Morgan fingerprint density at radius 1 is 1.29 bits per heavy atom. The van der Waals surface area contributed by atoms with Crippen molar-refractivity contribution in [3.05, 3.63) is 21.4 Å². The molecule has 1 nitrogen and oxygen atoms in total. The van der Waals surface area contributed by atoms with Gasteiger partial charge in [0, 0.05) is 9.75 Å². The molecule has 0 spiro atoms. The molecule has 1 atom stereocenters. The molecule has 1 aromatic heterocycles. The first-order valence-electron chi connectivity index (χ1n) is 6.86. The minimum absolute atomic E-state index is 0.224. The van der Waals surface area contributed by atoms with Crippen LogP contribution in [0.4, 0.5) is 0 Å². The van der Waals surface area contributed by atoms with Crippen molar-refractivity contribution in [2.75, 3.05) is 0 Å². The van der Waals surface area contributed by atoms with Crippen molar-refractivity contribution < 1.29 is 5.11 Å². The zero-order valence-corrected chi connectivity index (χ0v) is 12.0. The summed E-state index contributed by atoms with van der Waals surface area (Å²) >= 11 is 1.81. The van der Waals surface area contributed by atoms with Crippen LogP contribution in [0.2, 0.25) is 0 Å². The van der Waals surface area contributed by atoms with Crippen LogP contribution in [0.15, 0.2) is 6.07 Å². The lowest BCUT2D eigenvalue weighted by atomic mass is 9.77. The fourth-order valence-corrected chi connectivity index (χ4v) is 4.08. The Bertz CT molecular complexity index is 361. The first kappa shape index (κ1) is 13.1. The zero-order valence-electron chi connectivity index (χ0n) is 11.2. The van der Waals surface area contributed by atoms with Crippen LogP contribution in [0, 0.1) is 25.7 Å². The van der Waals surface area contributed by atoms with E-state index in [4.69, 9.17) is 0 Å². The largest absolute Gasteiger partial charge is 0.388 e. The van der Waals surface area contributed by atoms with Gasteiger partial charge in [0.15, 0.2) is 0 Å². The average molecular weight is 252 g/mol. The minimum atomic E-state index is -0.224. The molecule has 1 fully saturated rings. The number of aryl methyl sites for hydroxylation is 2. The molecule has 1 N–H and O–H groups in total. The number of rotatable bonds is 3. The van der Waals surface area contributed by atoms with Crippen molar-refractivity contribution in [2.45, 2.75) is 59.0 Å². The van der Waals surface area contributed by atoms with Crippen molar-refractivity contribution in [3.63, 3.8) is 0 Å². The van der Waals surface area contributed by atoms with Gasteiger partial charge in [0.1, 0.15) is 0 Å². The van der Waals surface area contributed by atoms with E-state index < -0.39 is 0 Å². The highest BCUT2D eigenvalue weighted by molar-refractivity contribution is 7.12. The number of thiophene rings is 1. The maximum atomic E-state index is 10.5. The predicted octanol–water partition coefficient (Wildman–Crippen LogP) is 4.61. The van der Waals surface area contributed by atoms with E-state index in [-0.39, 0.29) is 6.10 Å². The van der Waals surface area contributed by atoms with Crippen molar-refractivity contribution >= 4 is 11.3 Å². The Morgan fingerprint density at radius 3 is 2.41 bits per heavy atom. The summed E-state index contributed by atoms with van der Waals surface area (Å²) < 4.78 is 0. The molecule has 0 amide bonds. The maximum Gasteiger partial charge on any atom is 0.0828 e. The van der Waals surface area contributed by atoms with Crippen molar-refractivity contribution in [2.24, 2.45) is 11.8 Å². The molecular weight excluding hydrogens is 228 g/mol. The van der Waals surface area contributed by atoms with Gasteiger partial charge in [-0.15, -0.1) is 11.3 Å². The molecule has 1 aliphatic rings. The Hall–Kier alpha value is -0.340. The lowest BCUT2D eigenvalue weighted by Crippen LogP contribution is -2.20. The summed E-state index contributed by atoms with van der Waals surface area (Å²) in [5.41, 5.74) is 1.19. The Kier molecular flexibility index (Phi) is 4.26. The Balaban J connectivity index is 2.01. The molecule has 17 heavy (non-hydrogen) atoms. The lowest BCUT2D eigenvalue weighted by Gasteiger charge is -2.31. The van der Waals surface area contributed by atoms with Crippen LogP contribution in [0.25, 0.3) is 0 Å². The standard InChI is InChI=1S/C15H24OS/c1-4-12-5-7-13(8-6-12)15(16)14-9-10(2)17-11(14)3/h9,12-13,15-16H,4-8H2,1-3H3. The molecule has 1 aromatic rings. The summed E-state index contributed by atoms with van der Waals surface area (Å²) in [6, 6.07) is 2.18. The summed E-state index contributed by atoms with van der Waals surface area (Å²) in [5.74, 6) is 1.40. The van der Waals surface area contributed by atoms with E-state index in [1.54, 1.807) is 11.3 Å². The number of aliphatic hydroxyl groups excluding tert-OH is 1. The van der Waals surface area contributed by atoms with Gasteiger partial charge in [-0.25, -0.2) is 0 Å². The van der Waals surface area contributed by atoms with E-state index in [2.05, 4.69) is 26.8 Å². The highest BCUT2D eigenvalue weighted by atomic mass is 32.1. The van der Waals surface area contributed by atoms with Crippen molar-refractivity contribution in [1.29, 1.82) is 0 Å². The quantitative estimate of drug-likeness (QED) is 0.832. The predicted molar refractivity (Wildman–Crippen MR) is 74.5 cm³/mol. The normalized spacial score (nSPS) is 27.1. The van der Waals surface area contributed by atoms with Gasteiger partial charge in [-0.05, 0) is 50.2 Å². The first-order chi connectivity index (χ1) is 8.11. The second-order valence-electron chi connectivity index (χ2n) is 5.50. The minimum Gasteiger partial charge on any atom is -0.388 e. The third kappa shape index (κ3) is 2.92. The third-order valence-corrected chi connectivity index (χ3v) is 5.30.